The number of thiophene rings is 1. The number of hydrogen-bond acceptors (Lipinski definition) is 4. The van der Waals surface area contributed by atoms with E-state index in [0.29, 0.717) is 12.5 Å². The molecule has 2 heterocycles. The fraction of sp³-hybridized carbons (Fsp3) is 0.476. The van der Waals surface area contributed by atoms with Crippen molar-refractivity contribution in [2.45, 2.75) is 44.8 Å². The molecule has 2 N–H and O–H groups in total. The van der Waals surface area contributed by atoms with Gasteiger partial charge in [0, 0.05) is 18.0 Å². The van der Waals surface area contributed by atoms with Gasteiger partial charge in [-0.05, 0) is 41.3 Å². The Morgan fingerprint density at radius 1 is 1.23 bits per heavy atom. The summed E-state index contributed by atoms with van der Waals surface area (Å²) in [7, 11) is 0. The van der Waals surface area contributed by atoms with Crippen molar-refractivity contribution in [1.29, 1.82) is 0 Å². The van der Waals surface area contributed by atoms with Gasteiger partial charge in [-0.25, -0.2) is 0 Å². The van der Waals surface area contributed by atoms with Crippen LogP contribution in [0, 0.1) is 0 Å². The van der Waals surface area contributed by atoms with Gasteiger partial charge in [0.15, 0.2) is 0 Å². The highest BCUT2D eigenvalue weighted by Crippen LogP contribution is 2.27. The number of carbonyl (C=O) groups is 1. The minimum Gasteiger partial charge on any atom is -0.377 e. The molecule has 2 aromatic rings. The van der Waals surface area contributed by atoms with Crippen molar-refractivity contribution in [1.82, 2.24) is 10.6 Å². The monoisotopic (exact) mass is 372 g/mol. The molecular formula is C21H28N2O2S. The summed E-state index contributed by atoms with van der Waals surface area (Å²) in [5.74, 6) is 0.509. The third kappa shape index (κ3) is 5.16. The van der Waals surface area contributed by atoms with E-state index in [1.54, 1.807) is 11.3 Å². The highest BCUT2D eigenvalue weighted by molar-refractivity contribution is 7.10. The zero-order chi connectivity index (χ0) is 18.4. The van der Waals surface area contributed by atoms with Gasteiger partial charge in [0.25, 0.3) is 0 Å². The summed E-state index contributed by atoms with van der Waals surface area (Å²) >= 11 is 1.67. The van der Waals surface area contributed by atoms with E-state index in [1.165, 1.54) is 5.56 Å². The number of carbonyl (C=O) groups excluding carboxylic acids is 1. The predicted octanol–water partition coefficient (Wildman–Crippen LogP) is 3.85. The van der Waals surface area contributed by atoms with Crippen LogP contribution in [0.2, 0.25) is 0 Å². The molecule has 0 bridgehead atoms. The Hall–Kier alpha value is -1.69. The molecule has 0 aliphatic carbocycles. The van der Waals surface area contributed by atoms with Crippen LogP contribution < -0.4 is 10.6 Å². The van der Waals surface area contributed by atoms with Crippen LogP contribution >= 0.6 is 11.3 Å². The average molecular weight is 373 g/mol. The Morgan fingerprint density at radius 3 is 2.62 bits per heavy atom. The van der Waals surface area contributed by atoms with Crippen molar-refractivity contribution in [3.8, 4) is 0 Å². The van der Waals surface area contributed by atoms with E-state index in [2.05, 4.69) is 54.8 Å². The van der Waals surface area contributed by atoms with E-state index in [1.807, 2.05) is 11.4 Å². The highest BCUT2D eigenvalue weighted by Gasteiger charge is 2.19. The molecule has 140 valence electrons. The maximum Gasteiger partial charge on any atom is 0.234 e. The van der Waals surface area contributed by atoms with Gasteiger partial charge in [0.2, 0.25) is 5.91 Å². The summed E-state index contributed by atoms with van der Waals surface area (Å²) in [6.45, 7) is 6.26. The molecule has 1 aliphatic heterocycles. The predicted molar refractivity (Wildman–Crippen MR) is 107 cm³/mol. The minimum atomic E-state index is -0.103. The molecule has 0 saturated carbocycles. The lowest BCUT2D eigenvalue weighted by molar-refractivity contribution is -0.120. The summed E-state index contributed by atoms with van der Waals surface area (Å²) in [5, 5.41) is 8.45. The third-order valence-corrected chi connectivity index (χ3v) is 5.69. The van der Waals surface area contributed by atoms with Crippen LogP contribution in [-0.2, 0) is 9.53 Å². The summed E-state index contributed by atoms with van der Waals surface area (Å²) in [6.07, 6.45) is 2.44. The fourth-order valence-corrected chi connectivity index (χ4v) is 4.01. The lowest BCUT2D eigenvalue weighted by atomic mass is 9.98. The molecule has 1 aliphatic rings. The van der Waals surface area contributed by atoms with Gasteiger partial charge < -0.3 is 15.4 Å². The minimum absolute atomic E-state index is 0.00864. The van der Waals surface area contributed by atoms with Crippen LogP contribution in [0.3, 0.4) is 0 Å². The largest absolute Gasteiger partial charge is 0.377 e. The molecule has 0 spiro atoms. The quantitative estimate of drug-likeness (QED) is 0.740. The van der Waals surface area contributed by atoms with Gasteiger partial charge >= 0.3 is 0 Å². The van der Waals surface area contributed by atoms with Crippen LogP contribution in [0.5, 0.6) is 0 Å². The molecule has 2 atom stereocenters. The standard InChI is InChI=1S/C21H28N2O2S/c1-15(2)16-7-9-17(10-8-16)21(19-6-4-12-26-19)23-20(24)14-22-13-18-5-3-11-25-18/h4,6-10,12,15,18,21-22H,3,5,11,13-14H2,1-2H3,(H,23,24). The average Bonchev–Trinajstić information content (AvgIpc) is 3.34. The van der Waals surface area contributed by atoms with Gasteiger partial charge in [0.05, 0.1) is 18.7 Å². The number of nitrogens with one attached hydrogen (secondary N) is 2. The first-order chi connectivity index (χ1) is 12.6. The molecule has 1 aromatic carbocycles. The Labute approximate surface area is 160 Å². The second-order valence-electron chi connectivity index (χ2n) is 7.10. The van der Waals surface area contributed by atoms with Crippen molar-refractivity contribution in [3.63, 3.8) is 0 Å². The van der Waals surface area contributed by atoms with Crippen molar-refractivity contribution >= 4 is 17.2 Å². The highest BCUT2D eigenvalue weighted by atomic mass is 32.1. The third-order valence-electron chi connectivity index (χ3n) is 4.75. The van der Waals surface area contributed by atoms with Crippen LogP contribution in [0.1, 0.15) is 54.7 Å². The molecule has 1 saturated heterocycles. The maximum atomic E-state index is 12.5. The van der Waals surface area contributed by atoms with E-state index in [9.17, 15) is 4.79 Å². The molecule has 5 heteroatoms. The van der Waals surface area contributed by atoms with Crippen molar-refractivity contribution in [2.24, 2.45) is 0 Å². The number of amides is 1. The Balaban J connectivity index is 1.61. The number of hydrogen-bond donors (Lipinski definition) is 2. The molecule has 1 amide bonds. The van der Waals surface area contributed by atoms with Gasteiger partial charge in [-0.3, -0.25) is 4.79 Å². The normalized spacial score (nSPS) is 18.2. The molecular weight excluding hydrogens is 344 g/mol. The molecule has 1 aromatic heterocycles. The smallest absolute Gasteiger partial charge is 0.234 e. The van der Waals surface area contributed by atoms with Crippen LogP contribution in [0.4, 0.5) is 0 Å². The van der Waals surface area contributed by atoms with Gasteiger partial charge in [-0.1, -0.05) is 44.2 Å². The summed E-state index contributed by atoms with van der Waals surface area (Å²) < 4.78 is 5.58. The second kappa shape index (κ2) is 9.31. The Bertz CT molecular complexity index is 677. The van der Waals surface area contributed by atoms with E-state index in [4.69, 9.17) is 4.74 Å². The van der Waals surface area contributed by atoms with Gasteiger partial charge in [-0.15, -0.1) is 11.3 Å². The number of rotatable bonds is 8. The van der Waals surface area contributed by atoms with Crippen molar-refractivity contribution in [3.05, 3.63) is 57.8 Å². The Kier molecular flexibility index (Phi) is 6.83. The maximum absolute atomic E-state index is 12.5. The topological polar surface area (TPSA) is 50.4 Å². The van der Waals surface area contributed by atoms with E-state index >= 15 is 0 Å². The fourth-order valence-electron chi connectivity index (χ4n) is 3.21. The molecule has 1 fully saturated rings. The first kappa shape index (κ1) is 19.1. The van der Waals surface area contributed by atoms with Gasteiger partial charge in [-0.2, -0.15) is 0 Å². The van der Waals surface area contributed by atoms with Crippen molar-refractivity contribution in [2.75, 3.05) is 19.7 Å². The molecule has 4 nitrogen and oxygen atoms in total. The number of benzene rings is 1. The summed E-state index contributed by atoms with van der Waals surface area (Å²) in [6, 6.07) is 12.6. The van der Waals surface area contributed by atoms with E-state index < -0.39 is 0 Å². The second-order valence-corrected chi connectivity index (χ2v) is 8.08. The zero-order valence-electron chi connectivity index (χ0n) is 15.5. The molecule has 26 heavy (non-hydrogen) atoms. The van der Waals surface area contributed by atoms with Crippen molar-refractivity contribution < 1.29 is 9.53 Å². The SMILES string of the molecule is CC(C)c1ccc(C(NC(=O)CNCC2CCCO2)c2cccs2)cc1. The first-order valence-corrected chi connectivity index (χ1v) is 10.3. The summed E-state index contributed by atoms with van der Waals surface area (Å²) in [5.41, 5.74) is 2.42. The van der Waals surface area contributed by atoms with Crippen LogP contribution in [0.15, 0.2) is 41.8 Å². The number of ether oxygens (including phenoxy) is 1. The lowest BCUT2D eigenvalue weighted by Crippen LogP contribution is -2.39. The van der Waals surface area contributed by atoms with Gasteiger partial charge in [0.1, 0.15) is 0 Å². The van der Waals surface area contributed by atoms with E-state index in [0.717, 1.165) is 36.4 Å². The zero-order valence-corrected chi connectivity index (χ0v) is 16.4. The first-order valence-electron chi connectivity index (χ1n) is 9.38. The van der Waals surface area contributed by atoms with E-state index in [-0.39, 0.29) is 18.1 Å². The van der Waals surface area contributed by atoms with Crippen LogP contribution in [0.25, 0.3) is 0 Å². The summed E-state index contributed by atoms with van der Waals surface area (Å²) in [4.78, 5) is 13.6. The Morgan fingerprint density at radius 2 is 2.00 bits per heavy atom. The van der Waals surface area contributed by atoms with Crippen LogP contribution in [-0.4, -0.2) is 31.7 Å². The lowest BCUT2D eigenvalue weighted by Gasteiger charge is -2.19. The molecule has 0 radical (unpaired) electrons. The molecule has 3 rings (SSSR count). The molecule has 2 unspecified atom stereocenters.